The van der Waals surface area contributed by atoms with Crippen molar-refractivity contribution in [2.24, 2.45) is 0 Å². The van der Waals surface area contributed by atoms with Gasteiger partial charge in [0.15, 0.2) is 0 Å². The fourth-order valence-corrected chi connectivity index (χ4v) is 1.77. The van der Waals surface area contributed by atoms with Crippen molar-refractivity contribution in [2.45, 2.75) is 12.8 Å². The van der Waals surface area contributed by atoms with E-state index in [9.17, 15) is 9.18 Å². The maximum absolute atomic E-state index is 12.9. The van der Waals surface area contributed by atoms with E-state index in [1.54, 1.807) is 0 Å². The number of carboxylic acid groups (broad SMARTS) is 1. The van der Waals surface area contributed by atoms with Gasteiger partial charge in [-0.25, -0.2) is 14.2 Å². The van der Waals surface area contributed by atoms with Crippen molar-refractivity contribution in [3.8, 4) is 0 Å². The maximum Gasteiger partial charge on any atom is 0.339 e. The lowest BCUT2D eigenvalue weighted by molar-refractivity contribution is 0.0696. The minimum absolute atomic E-state index is 0.0584. The van der Waals surface area contributed by atoms with Crippen LogP contribution in [0.2, 0.25) is 0 Å². The summed E-state index contributed by atoms with van der Waals surface area (Å²) >= 11 is 0. The fraction of sp³-hybridized carbons (Fsp3) is 0.400. The lowest BCUT2D eigenvalue weighted by Gasteiger charge is -2.17. The molecule has 0 bridgehead atoms. The summed E-state index contributed by atoms with van der Waals surface area (Å²) in [5.41, 5.74) is -0.0584. The molecule has 4 nitrogen and oxygen atoms in total. The van der Waals surface area contributed by atoms with E-state index < -0.39 is 11.8 Å². The van der Waals surface area contributed by atoms with Crippen molar-refractivity contribution in [2.75, 3.05) is 18.0 Å². The third kappa shape index (κ3) is 1.91. The average molecular weight is 210 g/mol. The largest absolute Gasteiger partial charge is 0.478 e. The molecular formula is C10H11FN2O2. The highest BCUT2D eigenvalue weighted by molar-refractivity contribution is 5.93. The van der Waals surface area contributed by atoms with Crippen LogP contribution >= 0.6 is 0 Å². The molecular weight excluding hydrogens is 199 g/mol. The Balaban J connectivity index is 2.40. The van der Waals surface area contributed by atoms with Gasteiger partial charge in [0, 0.05) is 13.1 Å². The number of nitrogens with zero attached hydrogens (tertiary/aromatic N) is 2. The zero-order valence-electron chi connectivity index (χ0n) is 8.11. The lowest BCUT2D eigenvalue weighted by atomic mass is 10.2. The van der Waals surface area contributed by atoms with E-state index in [4.69, 9.17) is 5.11 Å². The van der Waals surface area contributed by atoms with Gasteiger partial charge in [0.05, 0.1) is 6.20 Å². The van der Waals surface area contributed by atoms with Crippen LogP contribution in [-0.2, 0) is 0 Å². The Morgan fingerprint density at radius 3 is 2.73 bits per heavy atom. The molecule has 15 heavy (non-hydrogen) atoms. The van der Waals surface area contributed by atoms with Crippen LogP contribution < -0.4 is 4.90 Å². The van der Waals surface area contributed by atoms with Gasteiger partial charge in [-0.05, 0) is 18.9 Å². The number of rotatable bonds is 2. The van der Waals surface area contributed by atoms with Gasteiger partial charge in [-0.15, -0.1) is 0 Å². The van der Waals surface area contributed by atoms with Crippen LogP contribution in [0, 0.1) is 5.82 Å². The first-order chi connectivity index (χ1) is 7.18. The lowest BCUT2D eigenvalue weighted by Crippen LogP contribution is -2.22. The summed E-state index contributed by atoms with van der Waals surface area (Å²) in [6.45, 7) is 1.58. The Bertz CT molecular complexity index is 389. The highest BCUT2D eigenvalue weighted by Crippen LogP contribution is 2.22. The second-order valence-electron chi connectivity index (χ2n) is 3.52. The molecule has 2 heterocycles. The van der Waals surface area contributed by atoms with E-state index in [-0.39, 0.29) is 5.56 Å². The summed E-state index contributed by atoms with van der Waals surface area (Å²) in [6.07, 6.45) is 3.11. The molecule has 1 saturated heterocycles. The van der Waals surface area contributed by atoms with Gasteiger partial charge in [0.1, 0.15) is 17.2 Å². The van der Waals surface area contributed by atoms with Crippen molar-refractivity contribution in [3.63, 3.8) is 0 Å². The minimum atomic E-state index is -1.14. The van der Waals surface area contributed by atoms with Crippen LogP contribution in [0.5, 0.6) is 0 Å². The first-order valence-corrected chi connectivity index (χ1v) is 4.82. The number of hydrogen-bond donors (Lipinski definition) is 1. The SMILES string of the molecule is O=C(O)c1cc(F)cnc1N1CCCC1. The van der Waals surface area contributed by atoms with E-state index in [0.29, 0.717) is 5.82 Å². The molecule has 2 rings (SSSR count). The number of aromatic carboxylic acids is 1. The number of anilines is 1. The minimum Gasteiger partial charge on any atom is -0.478 e. The molecule has 0 unspecified atom stereocenters. The highest BCUT2D eigenvalue weighted by Gasteiger charge is 2.20. The van der Waals surface area contributed by atoms with E-state index in [0.717, 1.165) is 38.2 Å². The molecule has 0 radical (unpaired) electrons. The fourth-order valence-electron chi connectivity index (χ4n) is 1.77. The Labute approximate surface area is 86.4 Å². The molecule has 1 aliphatic heterocycles. The van der Waals surface area contributed by atoms with Gasteiger partial charge in [-0.3, -0.25) is 0 Å². The maximum atomic E-state index is 12.9. The monoisotopic (exact) mass is 210 g/mol. The quantitative estimate of drug-likeness (QED) is 0.804. The van der Waals surface area contributed by atoms with Crippen LogP contribution in [0.15, 0.2) is 12.3 Å². The van der Waals surface area contributed by atoms with Gasteiger partial charge in [-0.2, -0.15) is 0 Å². The van der Waals surface area contributed by atoms with Gasteiger partial charge < -0.3 is 10.0 Å². The number of pyridine rings is 1. The third-order valence-electron chi connectivity index (χ3n) is 2.47. The molecule has 80 valence electrons. The summed E-state index contributed by atoms with van der Waals surface area (Å²) in [4.78, 5) is 16.6. The molecule has 1 aliphatic rings. The van der Waals surface area contributed by atoms with Crippen molar-refractivity contribution in [1.29, 1.82) is 0 Å². The molecule has 0 aromatic carbocycles. The Morgan fingerprint density at radius 1 is 1.47 bits per heavy atom. The molecule has 1 N–H and O–H groups in total. The summed E-state index contributed by atoms with van der Waals surface area (Å²) in [5, 5.41) is 8.92. The van der Waals surface area contributed by atoms with Gasteiger partial charge in [0.25, 0.3) is 0 Å². The number of carbonyl (C=O) groups is 1. The standard InChI is InChI=1S/C10H11FN2O2/c11-7-5-8(10(14)15)9(12-6-7)13-3-1-2-4-13/h5-6H,1-4H2,(H,14,15). The van der Waals surface area contributed by atoms with Crippen LogP contribution in [-0.4, -0.2) is 29.1 Å². The predicted octanol–water partition coefficient (Wildman–Crippen LogP) is 1.52. The zero-order chi connectivity index (χ0) is 10.8. The predicted molar refractivity (Wildman–Crippen MR) is 52.6 cm³/mol. The van der Waals surface area contributed by atoms with E-state index in [2.05, 4.69) is 4.98 Å². The summed E-state index contributed by atoms with van der Waals surface area (Å²) < 4.78 is 12.9. The zero-order valence-corrected chi connectivity index (χ0v) is 8.11. The number of carboxylic acids is 1. The highest BCUT2D eigenvalue weighted by atomic mass is 19.1. The van der Waals surface area contributed by atoms with E-state index >= 15 is 0 Å². The molecule has 1 aromatic heterocycles. The second-order valence-corrected chi connectivity index (χ2v) is 3.52. The molecule has 1 fully saturated rings. The van der Waals surface area contributed by atoms with Crippen LogP contribution in [0.25, 0.3) is 0 Å². The number of hydrogen-bond acceptors (Lipinski definition) is 3. The molecule has 5 heteroatoms. The molecule has 0 atom stereocenters. The number of aromatic nitrogens is 1. The second kappa shape index (κ2) is 3.84. The van der Waals surface area contributed by atoms with Crippen LogP contribution in [0.1, 0.15) is 23.2 Å². The normalized spacial score (nSPS) is 15.7. The first kappa shape index (κ1) is 9.89. The topological polar surface area (TPSA) is 53.4 Å². The molecule has 0 amide bonds. The molecule has 1 aromatic rings. The van der Waals surface area contributed by atoms with Gasteiger partial charge in [0.2, 0.25) is 0 Å². The number of halogens is 1. The Hall–Kier alpha value is -1.65. The summed E-state index contributed by atoms with van der Waals surface area (Å²) in [7, 11) is 0. The first-order valence-electron chi connectivity index (χ1n) is 4.82. The molecule has 0 saturated carbocycles. The van der Waals surface area contributed by atoms with Gasteiger partial charge >= 0.3 is 5.97 Å². The van der Waals surface area contributed by atoms with E-state index in [1.165, 1.54) is 0 Å². The smallest absolute Gasteiger partial charge is 0.339 e. The summed E-state index contributed by atoms with van der Waals surface area (Å²) in [5.74, 6) is -1.37. The van der Waals surface area contributed by atoms with Crippen molar-refractivity contribution >= 4 is 11.8 Å². The van der Waals surface area contributed by atoms with Crippen molar-refractivity contribution < 1.29 is 14.3 Å². The van der Waals surface area contributed by atoms with Crippen LogP contribution in [0.4, 0.5) is 10.2 Å². The average Bonchev–Trinajstić information content (AvgIpc) is 2.70. The Kier molecular flexibility index (Phi) is 2.53. The van der Waals surface area contributed by atoms with Gasteiger partial charge in [-0.1, -0.05) is 0 Å². The summed E-state index contributed by atoms with van der Waals surface area (Å²) in [6, 6.07) is 1.02. The third-order valence-corrected chi connectivity index (χ3v) is 2.47. The molecule has 0 spiro atoms. The Morgan fingerprint density at radius 2 is 2.13 bits per heavy atom. The van der Waals surface area contributed by atoms with Crippen molar-refractivity contribution in [3.05, 3.63) is 23.6 Å². The van der Waals surface area contributed by atoms with Crippen LogP contribution in [0.3, 0.4) is 0 Å². The molecule has 0 aliphatic carbocycles. The van der Waals surface area contributed by atoms with Crippen molar-refractivity contribution in [1.82, 2.24) is 4.98 Å². The van der Waals surface area contributed by atoms with E-state index in [1.807, 2.05) is 4.90 Å².